The molecule has 1 fully saturated rings. The second-order valence-corrected chi connectivity index (χ2v) is 3.70. The Bertz CT molecular complexity index is 425. The summed E-state index contributed by atoms with van der Waals surface area (Å²) in [6.45, 7) is 1.66. The van der Waals surface area contributed by atoms with Gasteiger partial charge in [-0.3, -0.25) is 4.79 Å². The van der Waals surface area contributed by atoms with E-state index >= 15 is 0 Å². The number of aliphatic carboxylic acids is 1. The molecule has 1 aromatic heterocycles. The van der Waals surface area contributed by atoms with Gasteiger partial charge in [0.1, 0.15) is 5.82 Å². The van der Waals surface area contributed by atoms with Crippen molar-refractivity contribution in [2.45, 2.75) is 12.8 Å². The van der Waals surface area contributed by atoms with Crippen molar-refractivity contribution in [3.63, 3.8) is 0 Å². The average Bonchev–Trinajstić information content (AvgIpc) is 2.81. The molecule has 0 aromatic carbocycles. The minimum absolute atomic E-state index is 0.178. The fourth-order valence-corrected chi connectivity index (χ4v) is 1.87. The third-order valence-corrected chi connectivity index (χ3v) is 2.63. The number of hydrogen-bond acceptors (Lipinski definition) is 4. The second kappa shape index (κ2) is 4.30. The maximum atomic E-state index is 11.5. The Labute approximate surface area is 92.7 Å². The molecule has 1 N–H and O–H groups in total. The van der Waals surface area contributed by atoms with Gasteiger partial charge in [0.05, 0.1) is 5.56 Å². The number of rotatable bonds is 3. The lowest BCUT2D eigenvalue weighted by atomic mass is 10.1. The molecular formula is C11H12N2O3. The Kier molecular flexibility index (Phi) is 2.85. The summed E-state index contributed by atoms with van der Waals surface area (Å²) in [5.74, 6) is -1.84. The molecule has 0 amide bonds. The van der Waals surface area contributed by atoms with Gasteiger partial charge in [-0.25, -0.2) is 9.78 Å². The van der Waals surface area contributed by atoms with Gasteiger partial charge in [-0.2, -0.15) is 0 Å². The zero-order chi connectivity index (χ0) is 11.5. The SMILES string of the molecule is O=C(O)C(=O)c1cccnc1N1CCCC1. The molecule has 0 atom stereocenters. The molecule has 2 rings (SSSR count). The highest BCUT2D eigenvalue weighted by Crippen LogP contribution is 2.22. The van der Waals surface area contributed by atoms with Gasteiger partial charge in [-0.05, 0) is 25.0 Å². The minimum Gasteiger partial charge on any atom is -0.475 e. The van der Waals surface area contributed by atoms with Crippen LogP contribution in [0.1, 0.15) is 23.2 Å². The summed E-state index contributed by atoms with van der Waals surface area (Å²) in [6.07, 6.45) is 3.68. The van der Waals surface area contributed by atoms with Crippen LogP contribution < -0.4 is 4.90 Å². The highest BCUT2D eigenvalue weighted by Gasteiger charge is 2.23. The molecule has 84 valence electrons. The van der Waals surface area contributed by atoms with E-state index in [0.29, 0.717) is 5.82 Å². The van der Waals surface area contributed by atoms with Gasteiger partial charge >= 0.3 is 5.97 Å². The smallest absolute Gasteiger partial charge is 0.377 e. The molecule has 1 saturated heterocycles. The Morgan fingerprint density at radius 1 is 1.31 bits per heavy atom. The summed E-state index contributed by atoms with van der Waals surface area (Å²) in [6, 6.07) is 3.09. The van der Waals surface area contributed by atoms with Gasteiger partial charge in [-0.1, -0.05) is 0 Å². The number of anilines is 1. The first-order valence-electron chi connectivity index (χ1n) is 5.18. The van der Waals surface area contributed by atoms with Crippen molar-refractivity contribution in [2.24, 2.45) is 0 Å². The van der Waals surface area contributed by atoms with Crippen LogP contribution in [0.5, 0.6) is 0 Å². The maximum Gasteiger partial charge on any atom is 0.377 e. The van der Waals surface area contributed by atoms with Crippen LogP contribution in [0.15, 0.2) is 18.3 Å². The van der Waals surface area contributed by atoms with Gasteiger partial charge < -0.3 is 10.0 Å². The lowest BCUT2D eigenvalue weighted by Crippen LogP contribution is -2.24. The van der Waals surface area contributed by atoms with Crippen molar-refractivity contribution < 1.29 is 14.7 Å². The number of hydrogen-bond donors (Lipinski definition) is 1. The Morgan fingerprint density at radius 2 is 2.00 bits per heavy atom. The van der Waals surface area contributed by atoms with E-state index in [-0.39, 0.29) is 5.56 Å². The zero-order valence-corrected chi connectivity index (χ0v) is 8.72. The second-order valence-electron chi connectivity index (χ2n) is 3.70. The third kappa shape index (κ3) is 1.88. The molecule has 5 nitrogen and oxygen atoms in total. The highest BCUT2D eigenvalue weighted by molar-refractivity contribution is 6.41. The van der Waals surface area contributed by atoms with Crippen LogP contribution in [0.25, 0.3) is 0 Å². The number of carbonyl (C=O) groups excluding carboxylic acids is 1. The summed E-state index contributed by atoms with van der Waals surface area (Å²) in [4.78, 5) is 28.2. The summed E-state index contributed by atoms with van der Waals surface area (Å²) in [7, 11) is 0. The number of carbonyl (C=O) groups is 2. The summed E-state index contributed by atoms with van der Waals surface area (Å²) < 4.78 is 0. The topological polar surface area (TPSA) is 70.5 Å². The largest absolute Gasteiger partial charge is 0.475 e. The first-order chi connectivity index (χ1) is 7.70. The van der Waals surface area contributed by atoms with Gasteiger partial charge in [0.15, 0.2) is 0 Å². The number of carboxylic acid groups (broad SMARTS) is 1. The van der Waals surface area contributed by atoms with E-state index in [9.17, 15) is 9.59 Å². The van der Waals surface area contributed by atoms with Crippen LogP contribution in [-0.4, -0.2) is 34.9 Å². The van der Waals surface area contributed by atoms with Gasteiger partial charge in [0.2, 0.25) is 0 Å². The fourth-order valence-electron chi connectivity index (χ4n) is 1.87. The van der Waals surface area contributed by atoms with Crippen LogP contribution in [0, 0.1) is 0 Å². The zero-order valence-electron chi connectivity index (χ0n) is 8.72. The number of nitrogens with zero attached hydrogens (tertiary/aromatic N) is 2. The van der Waals surface area contributed by atoms with Crippen molar-refractivity contribution in [3.8, 4) is 0 Å². The number of Topliss-reactive ketones (excluding diaryl/α,β-unsaturated/α-hetero) is 1. The van der Waals surface area contributed by atoms with Gasteiger partial charge in [-0.15, -0.1) is 0 Å². The van der Waals surface area contributed by atoms with E-state index in [1.807, 2.05) is 4.90 Å². The number of ketones is 1. The average molecular weight is 220 g/mol. The molecule has 0 aliphatic carbocycles. The van der Waals surface area contributed by atoms with E-state index in [0.717, 1.165) is 25.9 Å². The van der Waals surface area contributed by atoms with Crippen molar-refractivity contribution in [3.05, 3.63) is 23.9 Å². The quantitative estimate of drug-likeness (QED) is 0.606. The lowest BCUT2D eigenvalue weighted by molar-refractivity contribution is -0.131. The predicted octanol–water partition coefficient (Wildman–Crippen LogP) is 0.949. The summed E-state index contributed by atoms with van der Waals surface area (Å²) >= 11 is 0. The molecule has 0 radical (unpaired) electrons. The van der Waals surface area contributed by atoms with E-state index in [1.54, 1.807) is 12.3 Å². The molecule has 1 aliphatic heterocycles. The molecule has 1 aliphatic rings. The normalized spacial score (nSPS) is 15.1. The maximum absolute atomic E-state index is 11.5. The molecule has 0 unspecified atom stereocenters. The van der Waals surface area contributed by atoms with E-state index in [4.69, 9.17) is 5.11 Å². The van der Waals surface area contributed by atoms with Crippen LogP contribution >= 0.6 is 0 Å². The van der Waals surface area contributed by atoms with E-state index in [1.165, 1.54) is 6.07 Å². The predicted molar refractivity (Wildman–Crippen MR) is 57.7 cm³/mol. The Morgan fingerprint density at radius 3 is 2.62 bits per heavy atom. The molecule has 1 aromatic rings. The lowest BCUT2D eigenvalue weighted by Gasteiger charge is -2.18. The monoisotopic (exact) mass is 220 g/mol. The summed E-state index contributed by atoms with van der Waals surface area (Å²) in [5, 5.41) is 8.71. The van der Waals surface area contributed by atoms with Crippen molar-refractivity contribution in [1.29, 1.82) is 0 Å². The van der Waals surface area contributed by atoms with E-state index < -0.39 is 11.8 Å². The number of aromatic nitrogens is 1. The van der Waals surface area contributed by atoms with Crippen LogP contribution in [0.3, 0.4) is 0 Å². The first kappa shape index (κ1) is 10.6. The molecule has 5 heteroatoms. The number of carboxylic acids is 1. The summed E-state index contributed by atoms with van der Waals surface area (Å²) in [5.41, 5.74) is 0.178. The highest BCUT2D eigenvalue weighted by atomic mass is 16.4. The minimum atomic E-state index is -1.44. The third-order valence-electron chi connectivity index (χ3n) is 2.63. The molecule has 0 saturated carbocycles. The van der Waals surface area contributed by atoms with Crippen molar-refractivity contribution in [1.82, 2.24) is 4.98 Å². The Hall–Kier alpha value is -1.91. The fraction of sp³-hybridized carbons (Fsp3) is 0.364. The number of pyridine rings is 1. The van der Waals surface area contributed by atoms with Crippen molar-refractivity contribution >= 4 is 17.6 Å². The van der Waals surface area contributed by atoms with Crippen LogP contribution in [0.4, 0.5) is 5.82 Å². The molecular weight excluding hydrogens is 208 g/mol. The molecule has 0 spiro atoms. The van der Waals surface area contributed by atoms with Crippen LogP contribution in [-0.2, 0) is 4.79 Å². The first-order valence-corrected chi connectivity index (χ1v) is 5.18. The van der Waals surface area contributed by atoms with Gasteiger partial charge in [0.25, 0.3) is 5.78 Å². The molecule has 0 bridgehead atoms. The van der Waals surface area contributed by atoms with Gasteiger partial charge in [0, 0.05) is 19.3 Å². The van der Waals surface area contributed by atoms with Crippen LogP contribution in [0.2, 0.25) is 0 Å². The Balaban J connectivity index is 2.37. The standard InChI is InChI=1S/C11H12N2O3/c14-9(11(15)16)8-4-3-5-12-10(8)13-6-1-2-7-13/h3-5H,1-2,6-7H2,(H,15,16). The van der Waals surface area contributed by atoms with Crippen molar-refractivity contribution in [2.75, 3.05) is 18.0 Å². The molecule has 2 heterocycles. The molecule has 16 heavy (non-hydrogen) atoms. The van der Waals surface area contributed by atoms with E-state index in [2.05, 4.69) is 4.98 Å².